The van der Waals surface area contributed by atoms with Crippen molar-refractivity contribution in [3.8, 4) is 11.4 Å². The Bertz CT molecular complexity index is 823. The number of nitrogens with one attached hydrogen (secondary N) is 1. The molecule has 100 valence electrons. The van der Waals surface area contributed by atoms with Crippen molar-refractivity contribution in [1.29, 1.82) is 0 Å². The molecule has 0 fully saturated rings. The standard InChI is InChI=1S/C14H12N4O2/c1-7-5-9(12(15)16-6-7)13-17-10-4-2-3-8(14(19)20)11(10)18-13/h2-6H,1H3,(H2,15,16)(H,17,18)(H,19,20). The fraction of sp³-hybridized carbons (Fsp3) is 0.0714. The summed E-state index contributed by atoms with van der Waals surface area (Å²) in [6.07, 6.45) is 1.67. The number of pyridine rings is 1. The molecule has 0 spiro atoms. The molecule has 1 aromatic carbocycles. The zero-order valence-corrected chi connectivity index (χ0v) is 10.7. The quantitative estimate of drug-likeness (QED) is 0.661. The zero-order chi connectivity index (χ0) is 14.3. The second-order valence-electron chi connectivity index (χ2n) is 4.54. The van der Waals surface area contributed by atoms with E-state index in [1.165, 1.54) is 6.07 Å². The third-order valence-corrected chi connectivity index (χ3v) is 3.05. The van der Waals surface area contributed by atoms with E-state index in [0.29, 0.717) is 28.2 Å². The van der Waals surface area contributed by atoms with E-state index >= 15 is 0 Å². The number of aryl methyl sites for hydroxylation is 1. The molecule has 20 heavy (non-hydrogen) atoms. The van der Waals surface area contributed by atoms with E-state index in [2.05, 4.69) is 15.0 Å². The number of anilines is 1. The Balaban J connectivity index is 2.26. The Morgan fingerprint density at radius 3 is 2.95 bits per heavy atom. The number of aromatic nitrogens is 3. The molecule has 0 bridgehead atoms. The Hall–Kier alpha value is -2.89. The van der Waals surface area contributed by atoms with Gasteiger partial charge < -0.3 is 15.8 Å². The molecule has 0 radical (unpaired) electrons. The number of aromatic amines is 1. The van der Waals surface area contributed by atoms with Gasteiger partial charge in [0, 0.05) is 6.20 Å². The smallest absolute Gasteiger partial charge is 0.337 e. The maximum Gasteiger partial charge on any atom is 0.337 e. The van der Waals surface area contributed by atoms with Crippen LogP contribution in [0.5, 0.6) is 0 Å². The van der Waals surface area contributed by atoms with Crippen molar-refractivity contribution in [2.24, 2.45) is 0 Å². The van der Waals surface area contributed by atoms with Gasteiger partial charge in [0.2, 0.25) is 0 Å². The summed E-state index contributed by atoms with van der Waals surface area (Å²) in [5.74, 6) is -0.141. The van der Waals surface area contributed by atoms with Gasteiger partial charge in [0.25, 0.3) is 0 Å². The van der Waals surface area contributed by atoms with Gasteiger partial charge >= 0.3 is 5.97 Å². The third-order valence-electron chi connectivity index (χ3n) is 3.05. The number of carbonyl (C=O) groups is 1. The van der Waals surface area contributed by atoms with Gasteiger partial charge in [-0.3, -0.25) is 0 Å². The van der Waals surface area contributed by atoms with Gasteiger partial charge in [-0.25, -0.2) is 14.8 Å². The number of para-hydroxylation sites is 1. The van der Waals surface area contributed by atoms with Crippen LogP contribution in [0.1, 0.15) is 15.9 Å². The van der Waals surface area contributed by atoms with E-state index in [-0.39, 0.29) is 5.56 Å². The number of hydrogen-bond acceptors (Lipinski definition) is 4. The molecular formula is C14H12N4O2. The summed E-state index contributed by atoms with van der Waals surface area (Å²) in [6, 6.07) is 6.83. The van der Waals surface area contributed by atoms with Crippen molar-refractivity contribution in [3.05, 3.63) is 41.6 Å². The van der Waals surface area contributed by atoms with Crippen LogP contribution in [-0.2, 0) is 0 Å². The highest BCUT2D eigenvalue weighted by molar-refractivity contribution is 6.01. The molecule has 0 saturated carbocycles. The van der Waals surface area contributed by atoms with Gasteiger partial charge in [0.05, 0.1) is 16.6 Å². The molecular weight excluding hydrogens is 256 g/mol. The Kier molecular flexibility index (Phi) is 2.64. The molecule has 3 rings (SSSR count). The Morgan fingerprint density at radius 1 is 1.40 bits per heavy atom. The molecule has 0 aliphatic heterocycles. The first-order valence-corrected chi connectivity index (χ1v) is 6.01. The van der Waals surface area contributed by atoms with Crippen molar-refractivity contribution >= 4 is 22.8 Å². The lowest BCUT2D eigenvalue weighted by Gasteiger charge is -2.02. The minimum atomic E-state index is -1.01. The lowest BCUT2D eigenvalue weighted by molar-refractivity contribution is 0.0699. The second-order valence-corrected chi connectivity index (χ2v) is 4.54. The van der Waals surface area contributed by atoms with Gasteiger partial charge in [-0.1, -0.05) is 6.07 Å². The number of nitrogens with zero attached hydrogens (tertiary/aromatic N) is 2. The van der Waals surface area contributed by atoms with Crippen molar-refractivity contribution in [2.75, 3.05) is 5.73 Å². The van der Waals surface area contributed by atoms with E-state index in [1.54, 1.807) is 18.3 Å². The van der Waals surface area contributed by atoms with Gasteiger partial charge in [0.15, 0.2) is 0 Å². The Morgan fingerprint density at radius 2 is 2.20 bits per heavy atom. The lowest BCUT2D eigenvalue weighted by Crippen LogP contribution is -1.97. The van der Waals surface area contributed by atoms with Crippen LogP contribution >= 0.6 is 0 Å². The number of aromatic carboxylic acids is 1. The predicted octanol–water partition coefficient (Wildman–Crippen LogP) is 2.21. The Labute approximate surface area is 114 Å². The summed E-state index contributed by atoms with van der Waals surface area (Å²) in [5.41, 5.74) is 8.69. The number of H-pyrrole nitrogens is 1. The molecule has 6 nitrogen and oxygen atoms in total. The molecule has 2 aromatic heterocycles. The average Bonchev–Trinajstić information content (AvgIpc) is 2.84. The first-order valence-electron chi connectivity index (χ1n) is 6.01. The van der Waals surface area contributed by atoms with Crippen LogP contribution in [0.4, 0.5) is 5.82 Å². The predicted molar refractivity (Wildman–Crippen MR) is 75.4 cm³/mol. The van der Waals surface area contributed by atoms with Crippen LogP contribution in [0.2, 0.25) is 0 Å². The number of carboxylic acid groups (broad SMARTS) is 1. The van der Waals surface area contributed by atoms with Crippen LogP contribution in [0.3, 0.4) is 0 Å². The summed E-state index contributed by atoms with van der Waals surface area (Å²) in [7, 11) is 0. The van der Waals surface area contributed by atoms with E-state index in [0.717, 1.165) is 5.56 Å². The van der Waals surface area contributed by atoms with Crippen LogP contribution in [-0.4, -0.2) is 26.0 Å². The fourth-order valence-corrected chi connectivity index (χ4v) is 2.10. The molecule has 0 aliphatic rings. The largest absolute Gasteiger partial charge is 0.478 e. The van der Waals surface area contributed by atoms with E-state index in [4.69, 9.17) is 5.73 Å². The average molecular weight is 268 g/mol. The lowest BCUT2D eigenvalue weighted by atomic mass is 10.2. The molecule has 0 amide bonds. The summed E-state index contributed by atoms with van der Waals surface area (Å²) >= 11 is 0. The van der Waals surface area contributed by atoms with E-state index < -0.39 is 5.97 Å². The highest BCUT2D eigenvalue weighted by Crippen LogP contribution is 2.26. The van der Waals surface area contributed by atoms with Crippen LogP contribution in [0.15, 0.2) is 30.5 Å². The monoisotopic (exact) mass is 268 g/mol. The number of benzene rings is 1. The van der Waals surface area contributed by atoms with E-state index in [9.17, 15) is 9.90 Å². The summed E-state index contributed by atoms with van der Waals surface area (Å²) < 4.78 is 0. The van der Waals surface area contributed by atoms with Crippen LogP contribution in [0.25, 0.3) is 22.4 Å². The molecule has 0 saturated heterocycles. The summed E-state index contributed by atoms with van der Waals surface area (Å²) in [6.45, 7) is 1.90. The van der Waals surface area contributed by atoms with Gasteiger partial charge in [-0.15, -0.1) is 0 Å². The highest BCUT2D eigenvalue weighted by Gasteiger charge is 2.14. The van der Waals surface area contributed by atoms with Crippen molar-refractivity contribution in [2.45, 2.75) is 6.92 Å². The third kappa shape index (κ3) is 1.87. The zero-order valence-electron chi connectivity index (χ0n) is 10.7. The maximum atomic E-state index is 11.2. The summed E-state index contributed by atoms with van der Waals surface area (Å²) in [5, 5.41) is 9.17. The van der Waals surface area contributed by atoms with Crippen LogP contribution < -0.4 is 5.73 Å². The number of fused-ring (bicyclic) bond motifs is 1. The number of nitrogen functional groups attached to an aromatic ring is 1. The van der Waals surface area contributed by atoms with Gasteiger partial charge in [-0.2, -0.15) is 0 Å². The SMILES string of the molecule is Cc1cnc(N)c(-c2nc3c(C(=O)O)cccc3[nH]2)c1. The minimum absolute atomic E-state index is 0.157. The molecule has 3 aromatic rings. The number of imidazole rings is 1. The molecule has 0 aliphatic carbocycles. The molecule has 6 heteroatoms. The molecule has 0 unspecified atom stereocenters. The molecule has 0 atom stereocenters. The minimum Gasteiger partial charge on any atom is -0.478 e. The summed E-state index contributed by atoms with van der Waals surface area (Å²) in [4.78, 5) is 22.7. The number of nitrogens with two attached hydrogens (primary N) is 1. The molecule has 4 N–H and O–H groups in total. The van der Waals surface area contributed by atoms with Crippen molar-refractivity contribution < 1.29 is 9.90 Å². The van der Waals surface area contributed by atoms with Crippen molar-refractivity contribution in [1.82, 2.24) is 15.0 Å². The first-order chi connectivity index (χ1) is 9.56. The first kappa shape index (κ1) is 12.2. The topological polar surface area (TPSA) is 105 Å². The van der Waals surface area contributed by atoms with E-state index in [1.807, 2.05) is 13.0 Å². The van der Waals surface area contributed by atoms with Gasteiger partial charge in [0.1, 0.15) is 17.2 Å². The number of rotatable bonds is 2. The number of carboxylic acids is 1. The highest BCUT2D eigenvalue weighted by atomic mass is 16.4. The normalized spacial score (nSPS) is 10.8. The van der Waals surface area contributed by atoms with Crippen LogP contribution in [0, 0.1) is 6.92 Å². The number of hydrogen-bond donors (Lipinski definition) is 3. The second kappa shape index (κ2) is 4.34. The maximum absolute atomic E-state index is 11.2. The van der Waals surface area contributed by atoms with Crippen molar-refractivity contribution in [3.63, 3.8) is 0 Å². The fourth-order valence-electron chi connectivity index (χ4n) is 2.10. The van der Waals surface area contributed by atoms with Gasteiger partial charge in [-0.05, 0) is 30.7 Å². The molecule has 2 heterocycles.